The summed E-state index contributed by atoms with van der Waals surface area (Å²) in [5.41, 5.74) is 1.46. The molecular formula is C21H23N9O. The standard InChI is InChI=1S/C21H23N9O/c1-3-30-18(14-8-23-13(2)24-9-14)28-16-17(25-12-26-19(16)30)27-15-4-7-29(10-15)20(31)21(11-22)5-6-21/h8-9,12,15H,3-7,10H2,1-2H3,(H,25,26,27)/t15-/m0/s1. The topological polar surface area (TPSA) is 126 Å². The molecule has 158 valence electrons. The van der Waals surface area contributed by atoms with Crippen molar-refractivity contribution >= 4 is 22.9 Å². The summed E-state index contributed by atoms with van der Waals surface area (Å²) >= 11 is 0. The van der Waals surface area contributed by atoms with Gasteiger partial charge in [0.15, 0.2) is 17.0 Å². The highest BCUT2D eigenvalue weighted by atomic mass is 16.2. The van der Waals surface area contributed by atoms with Crippen LogP contribution in [-0.4, -0.2) is 59.4 Å². The molecule has 1 amide bonds. The van der Waals surface area contributed by atoms with Gasteiger partial charge in [0, 0.05) is 38.1 Å². The lowest BCUT2D eigenvalue weighted by Gasteiger charge is -2.19. The minimum Gasteiger partial charge on any atom is -0.364 e. The molecule has 5 rings (SSSR count). The van der Waals surface area contributed by atoms with E-state index in [0.29, 0.717) is 49.6 Å². The van der Waals surface area contributed by atoms with Crippen molar-refractivity contribution in [2.75, 3.05) is 18.4 Å². The third-order valence-corrected chi connectivity index (χ3v) is 6.08. The van der Waals surface area contributed by atoms with Gasteiger partial charge < -0.3 is 14.8 Å². The van der Waals surface area contributed by atoms with E-state index in [2.05, 4.69) is 31.3 Å². The molecule has 3 aromatic rings. The lowest BCUT2D eigenvalue weighted by molar-refractivity contribution is -0.133. The number of likely N-dealkylation sites (tertiary alicyclic amines) is 1. The van der Waals surface area contributed by atoms with Gasteiger partial charge in [0.05, 0.1) is 11.6 Å². The van der Waals surface area contributed by atoms with Gasteiger partial charge in [0.2, 0.25) is 5.91 Å². The molecule has 31 heavy (non-hydrogen) atoms. The van der Waals surface area contributed by atoms with Gasteiger partial charge in [-0.1, -0.05) is 0 Å². The quantitative estimate of drug-likeness (QED) is 0.667. The van der Waals surface area contributed by atoms with Gasteiger partial charge in [0.1, 0.15) is 23.4 Å². The summed E-state index contributed by atoms with van der Waals surface area (Å²) in [6, 6.07) is 2.25. The zero-order chi connectivity index (χ0) is 21.6. The Labute approximate surface area is 179 Å². The normalized spacial score (nSPS) is 19.4. The van der Waals surface area contributed by atoms with E-state index >= 15 is 0 Å². The Hall–Kier alpha value is -3.61. The first kappa shape index (κ1) is 19.4. The summed E-state index contributed by atoms with van der Waals surface area (Å²) in [5.74, 6) is 2.06. The van der Waals surface area contributed by atoms with Crippen LogP contribution in [0.15, 0.2) is 18.7 Å². The molecule has 1 aliphatic heterocycles. The number of nitrogens with zero attached hydrogens (tertiary/aromatic N) is 8. The number of rotatable bonds is 5. The number of hydrogen-bond donors (Lipinski definition) is 1. The molecule has 1 saturated carbocycles. The zero-order valence-corrected chi connectivity index (χ0v) is 17.5. The molecule has 3 aromatic heterocycles. The summed E-state index contributed by atoms with van der Waals surface area (Å²) in [6.07, 6.45) is 7.19. The maximum Gasteiger partial charge on any atom is 0.243 e. The van der Waals surface area contributed by atoms with E-state index in [0.717, 1.165) is 23.5 Å². The van der Waals surface area contributed by atoms with Crippen LogP contribution in [0.1, 0.15) is 32.0 Å². The number of aromatic nitrogens is 6. The number of carbonyl (C=O) groups is 1. The molecule has 10 nitrogen and oxygen atoms in total. The molecule has 0 bridgehead atoms. The van der Waals surface area contributed by atoms with Crippen molar-refractivity contribution in [2.24, 2.45) is 5.41 Å². The summed E-state index contributed by atoms with van der Waals surface area (Å²) in [7, 11) is 0. The van der Waals surface area contributed by atoms with E-state index in [1.807, 2.05) is 18.4 Å². The lowest BCUT2D eigenvalue weighted by atomic mass is 10.1. The Bertz CT molecular complexity index is 1190. The monoisotopic (exact) mass is 417 g/mol. The average molecular weight is 417 g/mol. The molecule has 10 heteroatoms. The molecular weight excluding hydrogens is 394 g/mol. The molecule has 0 radical (unpaired) electrons. The smallest absolute Gasteiger partial charge is 0.243 e. The molecule has 2 fully saturated rings. The first-order valence-electron chi connectivity index (χ1n) is 10.5. The Morgan fingerprint density at radius 1 is 1.29 bits per heavy atom. The number of hydrogen-bond acceptors (Lipinski definition) is 8. The highest BCUT2D eigenvalue weighted by Crippen LogP contribution is 2.47. The minimum absolute atomic E-state index is 0.0379. The second-order valence-corrected chi connectivity index (χ2v) is 8.17. The maximum atomic E-state index is 12.7. The minimum atomic E-state index is -0.776. The SMILES string of the molecule is CCn1c(-c2cnc(C)nc2)nc2c(N[C@H]3CCN(C(=O)C4(C#N)CC4)C3)ncnc21. The van der Waals surface area contributed by atoms with Gasteiger partial charge in [-0.05, 0) is 33.1 Å². The van der Waals surface area contributed by atoms with E-state index in [-0.39, 0.29) is 11.9 Å². The molecule has 1 aliphatic carbocycles. The number of carbonyl (C=O) groups excluding carboxylic acids is 1. The summed E-state index contributed by atoms with van der Waals surface area (Å²) in [6.45, 7) is 5.78. The zero-order valence-electron chi connectivity index (χ0n) is 17.5. The van der Waals surface area contributed by atoms with Crippen LogP contribution in [0.25, 0.3) is 22.6 Å². The van der Waals surface area contributed by atoms with Gasteiger partial charge >= 0.3 is 0 Å². The summed E-state index contributed by atoms with van der Waals surface area (Å²) < 4.78 is 2.02. The lowest BCUT2D eigenvalue weighted by Crippen LogP contribution is -2.36. The fourth-order valence-corrected chi connectivity index (χ4v) is 4.13. The number of nitriles is 1. The number of fused-ring (bicyclic) bond motifs is 1. The van der Waals surface area contributed by atoms with Crippen molar-refractivity contribution in [3.63, 3.8) is 0 Å². The molecule has 0 aromatic carbocycles. The Morgan fingerprint density at radius 3 is 2.74 bits per heavy atom. The Kier molecular flexibility index (Phi) is 4.54. The largest absolute Gasteiger partial charge is 0.364 e. The van der Waals surface area contributed by atoms with Crippen LogP contribution in [0, 0.1) is 23.7 Å². The Morgan fingerprint density at radius 2 is 2.06 bits per heavy atom. The highest BCUT2D eigenvalue weighted by Gasteiger charge is 2.53. The molecule has 1 N–H and O–H groups in total. The van der Waals surface area contributed by atoms with Crippen molar-refractivity contribution in [2.45, 2.75) is 45.7 Å². The third-order valence-electron chi connectivity index (χ3n) is 6.08. The van der Waals surface area contributed by atoms with Crippen molar-refractivity contribution in [1.82, 2.24) is 34.4 Å². The molecule has 4 heterocycles. The third kappa shape index (κ3) is 3.26. The fraction of sp³-hybridized carbons (Fsp3) is 0.476. The Balaban J connectivity index is 1.41. The first-order valence-corrected chi connectivity index (χ1v) is 10.5. The number of anilines is 1. The second kappa shape index (κ2) is 7.27. The van der Waals surface area contributed by atoms with E-state index in [4.69, 9.17) is 4.98 Å². The summed E-state index contributed by atoms with van der Waals surface area (Å²) in [5, 5.41) is 12.8. The fourth-order valence-electron chi connectivity index (χ4n) is 4.13. The van der Waals surface area contributed by atoms with Crippen LogP contribution in [0.2, 0.25) is 0 Å². The van der Waals surface area contributed by atoms with Gasteiger partial charge in [-0.15, -0.1) is 0 Å². The van der Waals surface area contributed by atoms with Crippen LogP contribution in [0.5, 0.6) is 0 Å². The van der Waals surface area contributed by atoms with Gasteiger partial charge in [0.25, 0.3) is 0 Å². The predicted molar refractivity (Wildman–Crippen MR) is 113 cm³/mol. The van der Waals surface area contributed by atoms with Crippen molar-refractivity contribution < 1.29 is 4.79 Å². The molecule has 0 spiro atoms. The number of nitrogens with one attached hydrogen (secondary N) is 1. The van der Waals surface area contributed by atoms with E-state index in [9.17, 15) is 10.1 Å². The van der Waals surface area contributed by atoms with Gasteiger partial charge in [-0.2, -0.15) is 5.26 Å². The van der Waals surface area contributed by atoms with Crippen LogP contribution in [-0.2, 0) is 11.3 Å². The predicted octanol–water partition coefficient (Wildman–Crippen LogP) is 1.93. The molecule has 1 saturated heterocycles. The average Bonchev–Trinajstić information content (AvgIpc) is 3.29. The van der Waals surface area contributed by atoms with Gasteiger partial charge in [-0.3, -0.25) is 4.79 Å². The maximum absolute atomic E-state index is 12.7. The molecule has 1 atom stereocenters. The first-order chi connectivity index (χ1) is 15.0. The number of aryl methyl sites for hydroxylation is 2. The van der Waals surface area contributed by atoms with Crippen LogP contribution < -0.4 is 5.32 Å². The number of amides is 1. The number of imidazole rings is 1. The van der Waals surface area contributed by atoms with Gasteiger partial charge in [-0.25, -0.2) is 24.9 Å². The van der Waals surface area contributed by atoms with E-state index in [1.165, 1.54) is 6.33 Å². The highest BCUT2D eigenvalue weighted by molar-refractivity contribution is 5.89. The van der Waals surface area contributed by atoms with E-state index < -0.39 is 5.41 Å². The second-order valence-electron chi connectivity index (χ2n) is 8.17. The van der Waals surface area contributed by atoms with Crippen LogP contribution >= 0.6 is 0 Å². The van der Waals surface area contributed by atoms with E-state index in [1.54, 1.807) is 17.3 Å². The van der Waals surface area contributed by atoms with Crippen molar-refractivity contribution in [1.29, 1.82) is 5.26 Å². The van der Waals surface area contributed by atoms with Crippen molar-refractivity contribution in [3.8, 4) is 17.5 Å². The molecule has 0 unspecified atom stereocenters. The van der Waals surface area contributed by atoms with Crippen molar-refractivity contribution in [3.05, 3.63) is 24.5 Å². The molecule has 2 aliphatic rings. The summed E-state index contributed by atoms with van der Waals surface area (Å²) in [4.78, 5) is 36.7. The van der Waals surface area contributed by atoms with Crippen LogP contribution in [0.3, 0.4) is 0 Å². The van der Waals surface area contributed by atoms with Crippen LogP contribution in [0.4, 0.5) is 5.82 Å².